The van der Waals surface area contributed by atoms with E-state index in [1.54, 1.807) is 38.2 Å². The van der Waals surface area contributed by atoms with Gasteiger partial charge in [0.1, 0.15) is 5.75 Å². The first-order chi connectivity index (χ1) is 9.67. The summed E-state index contributed by atoms with van der Waals surface area (Å²) in [7, 11) is 1.72. The number of likely N-dealkylation sites (N-methyl/N-ethyl adjacent to an activating group) is 1. The maximum absolute atomic E-state index is 10.4. The molecule has 0 saturated carbocycles. The van der Waals surface area contributed by atoms with Crippen molar-refractivity contribution in [2.45, 2.75) is 47.1 Å². The first kappa shape index (κ1) is 28.1. The van der Waals surface area contributed by atoms with Crippen molar-refractivity contribution in [3.05, 3.63) is 35.2 Å². The van der Waals surface area contributed by atoms with Gasteiger partial charge in [0.25, 0.3) is 0 Å². The Labute approximate surface area is 140 Å². The number of phenolic OH excluding ortho intramolecular Hbond substituents is 1. The van der Waals surface area contributed by atoms with Gasteiger partial charge in [-0.2, -0.15) is 0 Å². The number of hydrogen-bond donors (Lipinski definition) is 2. The molecule has 0 aliphatic heterocycles. The van der Waals surface area contributed by atoms with Crippen molar-refractivity contribution in [2.24, 2.45) is 0 Å². The Morgan fingerprint density at radius 3 is 1.90 bits per heavy atom. The molecule has 0 aromatic heterocycles. The summed E-state index contributed by atoms with van der Waals surface area (Å²) < 4.78 is 0. The monoisotopic (exact) mass is 335 g/mol. The number of benzene rings is 1. The van der Waals surface area contributed by atoms with E-state index < -0.39 is 0 Å². The topological polar surface area (TPSA) is 71.6 Å². The third-order valence-electron chi connectivity index (χ3n) is 1.87. The average Bonchev–Trinajstić information content (AvgIpc) is 2.51. The molecule has 121 valence electrons. The summed E-state index contributed by atoms with van der Waals surface area (Å²) in [5.41, 5.74) is 1.00. The van der Waals surface area contributed by atoms with Crippen LogP contribution in [-0.2, 0) is 28.3 Å². The van der Waals surface area contributed by atoms with Crippen LogP contribution in [0.1, 0.15) is 40.2 Å². The molecule has 1 unspecified atom stereocenters. The molecule has 0 aliphatic carbocycles. The molecule has 1 rings (SSSR count). The molecule has 4 nitrogen and oxygen atoms in total. The average molecular weight is 335 g/mol. The number of hydrogen-bond acceptors (Lipinski definition) is 3. The first-order valence-corrected chi connectivity index (χ1v) is 6.92. The molecule has 0 fully saturated rings. The van der Waals surface area contributed by atoms with Crippen LogP contribution >= 0.6 is 0 Å². The van der Waals surface area contributed by atoms with Crippen LogP contribution in [0.4, 0.5) is 0 Å². The predicted molar refractivity (Wildman–Crippen MR) is 88.1 cm³/mol. The van der Waals surface area contributed by atoms with E-state index in [1.807, 2.05) is 34.0 Å². The van der Waals surface area contributed by atoms with Gasteiger partial charge in [-0.05, 0) is 31.2 Å². The molecule has 2 N–H and O–H groups in total. The van der Waals surface area contributed by atoms with Gasteiger partial charge in [0.2, 0.25) is 0 Å². The van der Waals surface area contributed by atoms with E-state index in [1.165, 1.54) is 0 Å². The van der Waals surface area contributed by atoms with Crippen LogP contribution in [0.15, 0.2) is 24.3 Å². The van der Waals surface area contributed by atoms with Gasteiger partial charge in [0.15, 0.2) is 0 Å². The molecular formula is C16H28MnN2O2. The van der Waals surface area contributed by atoms with Gasteiger partial charge in [0.05, 0.1) is 0 Å². The van der Waals surface area contributed by atoms with Crippen molar-refractivity contribution in [3.63, 3.8) is 0 Å². The predicted octanol–water partition coefficient (Wildman–Crippen LogP) is 3.33. The van der Waals surface area contributed by atoms with Gasteiger partial charge in [-0.3, -0.25) is 0 Å². The fourth-order valence-electron chi connectivity index (χ4n) is 1.07. The summed E-state index contributed by atoms with van der Waals surface area (Å²) in [6, 6.07) is 6.51. The van der Waals surface area contributed by atoms with Crippen LogP contribution in [-0.4, -0.2) is 30.7 Å². The van der Waals surface area contributed by atoms with Crippen molar-refractivity contribution in [3.8, 4) is 5.75 Å². The van der Waals surface area contributed by atoms with Crippen LogP contribution in [0, 0.1) is 0 Å². The van der Waals surface area contributed by atoms with Gasteiger partial charge < -0.3 is 20.6 Å². The number of aromatic hydroxyl groups is 1. The summed E-state index contributed by atoms with van der Waals surface area (Å²) in [6.45, 7) is 9.56. The normalized spacial score (nSPS) is 8.86. The standard InChI is InChI=1S/C10H12NO2.C2H4N.2C2H6.Mn/c1-11-9(7-12)6-8-2-4-10(13)5-3-8;1-2-3;2*1-2;/h2-5,9,11,13H,6H2,1H3;2H,1H3;2*1-2H3;/q2*-1;;;+2. The summed E-state index contributed by atoms with van der Waals surface area (Å²) >= 11 is 0. The van der Waals surface area contributed by atoms with E-state index >= 15 is 0 Å². The molecule has 1 atom stereocenters. The Balaban J connectivity index is -0.000000157. The number of nitrogens with zero attached hydrogens (tertiary/aromatic N) is 1. The quantitative estimate of drug-likeness (QED) is 0.504. The second kappa shape index (κ2) is 23.9. The fraction of sp³-hybridized carbons (Fsp3) is 0.500. The zero-order valence-electron chi connectivity index (χ0n) is 13.9. The molecular weight excluding hydrogens is 307 g/mol. The zero-order valence-corrected chi connectivity index (χ0v) is 15.0. The molecule has 0 amide bonds. The van der Waals surface area contributed by atoms with Gasteiger partial charge >= 0.3 is 17.1 Å². The van der Waals surface area contributed by atoms with Crippen LogP contribution in [0.25, 0.3) is 5.41 Å². The summed E-state index contributed by atoms with van der Waals surface area (Å²) in [6.07, 6.45) is 3.49. The summed E-state index contributed by atoms with van der Waals surface area (Å²) in [5.74, 6) is 0.236. The molecule has 21 heavy (non-hydrogen) atoms. The number of phenols is 1. The maximum Gasteiger partial charge on any atom is 2.00 e. The second-order valence-electron chi connectivity index (χ2n) is 3.09. The third kappa shape index (κ3) is 18.8. The maximum atomic E-state index is 10.4. The van der Waals surface area contributed by atoms with E-state index in [0.29, 0.717) is 6.42 Å². The zero-order chi connectivity index (χ0) is 16.4. The fourth-order valence-corrected chi connectivity index (χ4v) is 1.07. The summed E-state index contributed by atoms with van der Waals surface area (Å²) in [4.78, 5) is 10.4. The van der Waals surface area contributed by atoms with Crippen LogP contribution in [0.5, 0.6) is 5.75 Å². The SMILES string of the molecule is CC.CC.CC=[N-].CNC([C-]=O)Cc1ccc(O)cc1.[Mn+2]. The third-order valence-corrected chi connectivity index (χ3v) is 1.87. The van der Waals surface area contributed by atoms with E-state index in [-0.39, 0.29) is 28.9 Å². The molecule has 0 aliphatic rings. The van der Waals surface area contributed by atoms with Crippen LogP contribution in [0.2, 0.25) is 0 Å². The molecule has 0 spiro atoms. The molecule has 1 radical (unpaired) electrons. The number of rotatable bonds is 4. The molecule has 5 heteroatoms. The van der Waals surface area contributed by atoms with E-state index in [4.69, 9.17) is 10.5 Å². The van der Waals surface area contributed by atoms with Crippen molar-refractivity contribution >= 4 is 12.5 Å². The number of carbonyl (C=O) groups excluding carboxylic acids is 1. The van der Waals surface area contributed by atoms with E-state index in [2.05, 4.69) is 5.32 Å². The van der Waals surface area contributed by atoms with Crippen LogP contribution in [0.3, 0.4) is 0 Å². The van der Waals surface area contributed by atoms with Gasteiger partial charge in [-0.15, -0.1) is 0 Å². The van der Waals surface area contributed by atoms with Crippen molar-refractivity contribution in [1.29, 1.82) is 0 Å². The number of nitrogens with one attached hydrogen (secondary N) is 1. The van der Waals surface area contributed by atoms with Gasteiger partial charge in [-0.25, -0.2) is 12.5 Å². The van der Waals surface area contributed by atoms with Crippen molar-refractivity contribution < 1.29 is 27.0 Å². The van der Waals surface area contributed by atoms with Crippen molar-refractivity contribution in [2.75, 3.05) is 7.05 Å². The minimum absolute atomic E-state index is 0. The Hall–Kier alpha value is -1.16. The van der Waals surface area contributed by atoms with Crippen LogP contribution < -0.4 is 5.32 Å². The minimum atomic E-state index is -0.274. The molecule has 0 bridgehead atoms. The Morgan fingerprint density at radius 1 is 1.24 bits per heavy atom. The Kier molecular flexibility index (Phi) is 31.9. The van der Waals surface area contributed by atoms with E-state index in [0.717, 1.165) is 11.8 Å². The summed E-state index contributed by atoms with van der Waals surface area (Å²) in [5, 5.41) is 19.3. The van der Waals surface area contributed by atoms with Crippen molar-refractivity contribution in [1.82, 2.24) is 5.32 Å². The molecule has 1 aromatic rings. The molecule has 1 aromatic carbocycles. The Bertz CT molecular complexity index is 317. The largest absolute Gasteiger partial charge is 2.00 e. The second-order valence-corrected chi connectivity index (χ2v) is 3.09. The smallest absolute Gasteiger partial charge is 0.814 e. The van der Waals surface area contributed by atoms with Gasteiger partial charge in [-0.1, -0.05) is 52.8 Å². The molecule has 0 saturated heterocycles. The van der Waals surface area contributed by atoms with Gasteiger partial charge in [0, 0.05) is 0 Å². The first-order valence-electron chi connectivity index (χ1n) is 6.92. The Morgan fingerprint density at radius 2 is 1.62 bits per heavy atom. The minimum Gasteiger partial charge on any atom is -0.814 e. The molecule has 0 heterocycles. The van der Waals surface area contributed by atoms with E-state index in [9.17, 15) is 4.79 Å².